The molecule has 0 radical (unpaired) electrons. The number of halogens is 4. The molecular formula is C14H11ClF3N. The van der Waals surface area contributed by atoms with E-state index in [0.717, 1.165) is 17.7 Å². The van der Waals surface area contributed by atoms with Crippen LogP contribution in [0.2, 0.25) is 5.02 Å². The Hall–Kier alpha value is -1.52. The molecule has 0 saturated carbocycles. The zero-order valence-corrected chi connectivity index (χ0v) is 10.6. The Morgan fingerprint density at radius 2 is 1.58 bits per heavy atom. The van der Waals surface area contributed by atoms with Gasteiger partial charge in [-0.1, -0.05) is 23.7 Å². The lowest BCUT2D eigenvalue weighted by molar-refractivity contribution is 0.505. The van der Waals surface area contributed by atoms with E-state index < -0.39 is 17.7 Å². The highest BCUT2D eigenvalue weighted by atomic mass is 35.5. The lowest BCUT2D eigenvalue weighted by Gasteiger charge is -2.14. The number of rotatable bonds is 3. The summed E-state index contributed by atoms with van der Waals surface area (Å²) in [6.45, 7) is 0. The van der Waals surface area contributed by atoms with Crippen LogP contribution in [-0.4, -0.2) is 0 Å². The number of benzene rings is 2. The summed E-state index contributed by atoms with van der Waals surface area (Å²) in [6, 6.07) is 7.10. The highest BCUT2D eigenvalue weighted by Crippen LogP contribution is 2.26. The van der Waals surface area contributed by atoms with Gasteiger partial charge < -0.3 is 5.73 Å². The molecule has 0 aliphatic rings. The SMILES string of the molecule is NC(Cc1ccc(F)cc1)c1cc(F)c(F)cc1Cl. The molecule has 5 heteroatoms. The Balaban J connectivity index is 2.22. The van der Waals surface area contributed by atoms with Gasteiger partial charge in [-0.25, -0.2) is 13.2 Å². The second-order valence-electron chi connectivity index (χ2n) is 4.22. The lowest BCUT2D eigenvalue weighted by atomic mass is 9.99. The molecule has 0 heterocycles. The molecule has 19 heavy (non-hydrogen) atoms. The Bertz CT molecular complexity index is 584. The molecule has 100 valence electrons. The maximum Gasteiger partial charge on any atom is 0.160 e. The van der Waals surface area contributed by atoms with E-state index in [1.807, 2.05) is 0 Å². The molecule has 0 aliphatic carbocycles. The maximum atomic E-state index is 13.2. The first-order valence-electron chi connectivity index (χ1n) is 5.62. The molecule has 1 atom stereocenters. The Kier molecular flexibility index (Phi) is 4.12. The minimum Gasteiger partial charge on any atom is -0.324 e. The van der Waals surface area contributed by atoms with Gasteiger partial charge in [0.05, 0.1) is 0 Å². The van der Waals surface area contributed by atoms with Crippen LogP contribution in [0.15, 0.2) is 36.4 Å². The van der Waals surface area contributed by atoms with Gasteiger partial charge in [-0.3, -0.25) is 0 Å². The molecule has 1 nitrogen and oxygen atoms in total. The van der Waals surface area contributed by atoms with Crippen molar-refractivity contribution in [1.82, 2.24) is 0 Å². The minimum absolute atomic E-state index is 0.0773. The topological polar surface area (TPSA) is 26.0 Å². The number of hydrogen-bond acceptors (Lipinski definition) is 1. The molecule has 2 aromatic carbocycles. The molecule has 0 amide bonds. The monoisotopic (exact) mass is 285 g/mol. The quantitative estimate of drug-likeness (QED) is 0.848. The van der Waals surface area contributed by atoms with Crippen LogP contribution in [0.1, 0.15) is 17.2 Å². The van der Waals surface area contributed by atoms with Crippen molar-refractivity contribution in [1.29, 1.82) is 0 Å². The molecule has 2 aromatic rings. The third-order valence-electron chi connectivity index (χ3n) is 2.81. The summed E-state index contributed by atoms with van der Waals surface area (Å²) in [5.41, 5.74) is 7.03. The molecule has 0 spiro atoms. The van der Waals surface area contributed by atoms with Crippen molar-refractivity contribution in [2.45, 2.75) is 12.5 Å². The standard InChI is InChI=1S/C14H11ClF3N/c15-11-7-13(18)12(17)6-10(11)14(19)5-8-1-3-9(16)4-2-8/h1-4,6-7,14H,5,19H2. The molecule has 0 bridgehead atoms. The fourth-order valence-electron chi connectivity index (χ4n) is 1.81. The molecule has 0 aliphatic heterocycles. The van der Waals surface area contributed by atoms with Gasteiger partial charge in [-0.05, 0) is 41.8 Å². The van der Waals surface area contributed by atoms with Crippen LogP contribution in [0.5, 0.6) is 0 Å². The van der Waals surface area contributed by atoms with Crippen molar-refractivity contribution in [3.8, 4) is 0 Å². The Labute approximate surface area is 113 Å². The van der Waals surface area contributed by atoms with Crippen LogP contribution >= 0.6 is 11.6 Å². The molecular weight excluding hydrogens is 275 g/mol. The second kappa shape index (κ2) is 5.63. The van der Waals surface area contributed by atoms with Crippen LogP contribution in [0.3, 0.4) is 0 Å². The number of hydrogen-bond donors (Lipinski definition) is 1. The molecule has 2 rings (SSSR count). The van der Waals surface area contributed by atoms with Crippen LogP contribution < -0.4 is 5.73 Å². The first kappa shape index (κ1) is 13.9. The first-order valence-corrected chi connectivity index (χ1v) is 5.99. The molecule has 2 N–H and O–H groups in total. The van der Waals surface area contributed by atoms with Crippen molar-refractivity contribution in [2.24, 2.45) is 5.73 Å². The van der Waals surface area contributed by atoms with Crippen molar-refractivity contribution in [2.75, 3.05) is 0 Å². The average Bonchev–Trinajstić information content (AvgIpc) is 2.36. The largest absolute Gasteiger partial charge is 0.324 e. The fraction of sp³-hybridized carbons (Fsp3) is 0.143. The van der Waals surface area contributed by atoms with Crippen LogP contribution in [-0.2, 0) is 6.42 Å². The van der Waals surface area contributed by atoms with Gasteiger partial charge in [-0.2, -0.15) is 0 Å². The lowest BCUT2D eigenvalue weighted by Crippen LogP contribution is -2.14. The summed E-state index contributed by atoms with van der Waals surface area (Å²) in [6.07, 6.45) is 0.352. The predicted octanol–water partition coefficient (Wildman–Crippen LogP) is 4.00. The van der Waals surface area contributed by atoms with E-state index >= 15 is 0 Å². The summed E-state index contributed by atoms with van der Waals surface area (Å²) < 4.78 is 38.9. The van der Waals surface area contributed by atoms with Gasteiger partial charge in [0.1, 0.15) is 5.82 Å². The Morgan fingerprint density at radius 1 is 1.00 bits per heavy atom. The van der Waals surface area contributed by atoms with E-state index in [1.165, 1.54) is 12.1 Å². The third-order valence-corrected chi connectivity index (χ3v) is 3.14. The van der Waals surface area contributed by atoms with Gasteiger partial charge in [-0.15, -0.1) is 0 Å². The molecule has 0 aromatic heterocycles. The van der Waals surface area contributed by atoms with E-state index in [2.05, 4.69) is 0 Å². The third kappa shape index (κ3) is 3.28. The van der Waals surface area contributed by atoms with Crippen molar-refractivity contribution in [3.63, 3.8) is 0 Å². The van der Waals surface area contributed by atoms with Gasteiger partial charge >= 0.3 is 0 Å². The normalized spacial score (nSPS) is 12.5. The van der Waals surface area contributed by atoms with Gasteiger partial charge in [0.15, 0.2) is 11.6 Å². The molecule has 0 saturated heterocycles. The zero-order valence-electron chi connectivity index (χ0n) is 9.84. The van der Waals surface area contributed by atoms with E-state index in [9.17, 15) is 13.2 Å². The summed E-state index contributed by atoms with van der Waals surface area (Å²) in [5, 5.41) is 0.0773. The second-order valence-corrected chi connectivity index (χ2v) is 4.63. The zero-order chi connectivity index (χ0) is 14.0. The van der Waals surface area contributed by atoms with Crippen molar-refractivity contribution >= 4 is 11.6 Å². The van der Waals surface area contributed by atoms with Crippen molar-refractivity contribution in [3.05, 3.63) is 70.0 Å². The summed E-state index contributed by atoms with van der Waals surface area (Å²) in [4.78, 5) is 0. The summed E-state index contributed by atoms with van der Waals surface area (Å²) in [7, 11) is 0. The summed E-state index contributed by atoms with van der Waals surface area (Å²) in [5.74, 6) is -2.35. The average molecular weight is 286 g/mol. The van der Waals surface area contributed by atoms with E-state index in [0.29, 0.717) is 12.0 Å². The first-order chi connectivity index (χ1) is 8.97. The van der Waals surface area contributed by atoms with Crippen molar-refractivity contribution < 1.29 is 13.2 Å². The van der Waals surface area contributed by atoms with E-state index in [4.69, 9.17) is 17.3 Å². The van der Waals surface area contributed by atoms with Gasteiger partial charge in [0.2, 0.25) is 0 Å². The smallest absolute Gasteiger partial charge is 0.160 e. The Morgan fingerprint density at radius 3 is 2.21 bits per heavy atom. The van der Waals surface area contributed by atoms with E-state index in [1.54, 1.807) is 12.1 Å². The van der Waals surface area contributed by atoms with Gasteiger partial charge in [0.25, 0.3) is 0 Å². The van der Waals surface area contributed by atoms with E-state index in [-0.39, 0.29) is 10.8 Å². The minimum atomic E-state index is -1.01. The summed E-state index contributed by atoms with van der Waals surface area (Å²) >= 11 is 5.84. The highest BCUT2D eigenvalue weighted by molar-refractivity contribution is 6.31. The fourth-order valence-corrected chi connectivity index (χ4v) is 2.10. The number of nitrogens with two attached hydrogens (primary N) is 1. The van der Waals surface area contributed by atoms with Crippen LogP contribution in [0.25, 0.3) is 0 Å². The highest BCUT2D eigenvalue weighted by Gasteiger charge is 2.15. The van der Waals surface area contributed by atoms with Crippen LogP contribution in [0.4, 0.5) is 13.2 Å². The molecule has 1 unspecified atom stereocenters. The molecule has 0 fully saturated rings. The van der Waals surface area contributed by atoms with Crippen LogP contribution in [0, 0.1) is 17.5 Å². The maximum absolute atomic E-state index is 13.2. The van der Waals surface area contributed by atoms with Gasteiger partial charge in [0, 0.05) is 11.1 Å². The predicted molar refractivity (Wildman–Crippen MR) is 68.4 cm³/mol.